The summed E-state index contributed by atoms with van der Waals surface area (Å²) in [5, 5.41) is 2.48. The normalized spacial score (nSPS) is 10.7. The van der Waals surface area contributed by atoms with Crippen molar-refractivity contribution >= 4 is 49.5 Å². The van der Waals surface area contributed by atoms with Crippen LogP contribution in [0.1, 0.15) is 5.56 Å². The van der Waals surface area contributed by atoms with Gasteiger partial charge in [-0.25, -0.2) is 4.39 Å². The Labute approximate surface area is 144 Å². The number of anilines is 1. The molecule has 0 saturated carbocycles. The molecule has 0 saturated heterocycles. The Kier molecular flexibility index (Phi) is 5.74. The molecular weight excluding hydrogens is 417 g/mol. The lowest BCUT2D eigenvalue weighted by molar-refractivity contribution is -0.111. The van der Waals surface area contributed by atoms with E-state index in [-0.39, 0.29) is 5.69 Å². The second-order valence-electron chi connectivity index (χ2n) is 4.31. The fraction of sp³-hybridized carbons (Fsp3) is 0.0625. The molecule has 2 aromatic rings. The first-order chi connectivity index (χ1) is 10.5. The van der Waals surface area contributed by atoms with Crippen LogP contribution in [-0.4, -0.2) is 13.0 Å². The SMILES string of the molecule is COc1c(Br)cc(Br)cc1/C=C/C(=O)Nc1ccccc1F. The van der Waals surface area contributed by atoms with Crippen molar-refractivity contribution in [2.24, 2.45) is 0 Å². The molecule has 0 bridgehead atoms. The van der Waals surface area contributed by atoms with Crippen molar-refractivity contribution in [3.63, 3.8) is 0 Å². The topological polar surface area (TPSA) is 38.3 Å². The molecule has 0 aliphatic carbocycles. The van der Waals surface area contributed by atoms with Gasteiger partial charge >= 0.3 is 0 Å². The van der Waals surface area contributed by atoms with Gasteiger partial charge in [-0.05, 0) is 46.3 Å². The monoisotopic (exact) mass is 427 g/mol. The van der Waals surface area contributed by atoms with E-state index in [2.05, 4.69) is 37.2 Å². The summed E-state index contributed by atoms with van der Waals surface area (Å²) in [5.74, 6) is -0.298. The largest absolute Gasteiger partial charge is 0.495 e. The molecule has 22 heavy (non-hydrogen) atoms. The van der Waals surface area contributed by atoms with Crippen LogP contribution in [0.15, 0.2) is 51.4 Å². The Bertz CT molecular complexity index is 732. The van der Waals surface area contributed by atoms with Crippen molar-refractivity contribution in [2.75, 3.05) is 12.4 Å². The molecule has 114 valence electrons. The smallest absolute Gasteiger partial charge is 0.248 e. The Hall–Kier alpha value is -1.66. The maximum atomic E-state index is 13.5. The zero-order valence-corrected chi connectivity index (χ0v) is 14.7. The molecular formula is C16H12Br2FNO2. The number of benzene rings is 2. The predicted octanol–water partition coefficient (Wildman–Crippen LogP) is 5.01. The highest BCUT2D eigenvalue weighted by Crippen LogP contribution is 2.33. The molecule has 0 heterocycles. The first-order valence-corrected chi connectivity index (χ1v) is 7.86. The summed E-state index contributed by atoms with van der Waals surface area (Å²) in [6, 6.07) is 9.65. The molecule has 0 atom stereocenters. The van der Waals surface area contributed by atoms with Crippen LogP contribution >= 0.6 is 31.9 Å². The van der Waals surface area contributed by atoms with Gasteiger partial charge < -0.3 is 10.1 Å². The van der Waals surface area contributed by atoms with Crippen LogP contribution in [0.4, 0.5) is 10.1 Å². The lowest BCUT2D eigenvalue weighted by Gasteiger charge is -2.08. The first kappa shape index (κ1) is 16.7. The van der Waals surface area contributed by atoms with Crippen molar-refractivity contribution < 1.29 is 13.9 Å². The summed E-state index contributed by atoms with van der Waals surface area (Å²) < 4.78 is 20.4. The molecule has 1 amide bonds. The third-order valence-electron chi connectivity index (χ3n) is 2.79. The molecule has 0 aliphatic rings. The number of halogens is 3. The molecule has 2 rings (SSSR count). The van der Waals surface area contributed by atoms with E-state index in [9.17, 15) is 9.18 Å². The average Bonchev–Trinajstić information content (AvgIpc) is 2.47. The lowest BCUT2D eigenvalue weighted by atomic mass is 10.2. The molecule has 3 nitrogen and oxygen atoms in total. The first-order valence-electron chi connectivity index (χ1n) is 6.28. The van der Waals surface area contributed by atoms with E-state index >= 15 is 0 Å². The van der Waals surface area contributed by atoms with E-state index in [4.69, 9.17) is 4.74 Å². The maximum Gasteiger partial charge on any atom is 0.248 e. The second-order valence-corrected chi connectivity index (χ2v) is 6.08. The highest BCUT2D eigenvalue weighted by atomic mass is 79.9. The van der Waals surface area contributed by atoms with Gasteiger partial charge in [0.15, 0.2) is 0 Å². The second kappa shape index (κ2) is 7.56. The van der Waals surface area contributed by atoms with E-state index < -0.39 is 11.7 Å². The minimum atomic E-state index is -0.480. The van der Waals surface area contributed by atoms with Gasteiger partial charge in [-0.1, -0.05) is 28.1 Å². The lowest BCUT2D eigenvalue weighted by Crippen LogP contribution is -2.09. The van der Waals surface area contributed by atoms with Crippen LogP contribution in [0, 0.1) is 5.82 Å². The van der Waals surface area contributed by atoms with Gasteiger partial charge in [0.1, 0.15) is 11.6 Å². The van der Waals surface area contributed by atoms with E-state index in [0.717, 1.165) is 8.95 Å². The van der Waals surface area contributed by atoms with Gasteiger partial charge in [0.25, 0.3) is 0 Å². The van der Waals surface area contributed by atoms with Crippen molar-refractivity contribution in [3.05, 3.63) is 62.8 Å². The van der Waals surface area contributed by atoms with Gasteiger partial charge in [0.2, 0.25) is 5.91 Å². The van der Waals surface area contributed by atoms with E-state index in [1.54, 1.807) is 25.3 Å². The van der Waals surface area contributed by atoms with E-state index in [0.29, 0.717) is 11.3 Å². The molecule has 2 aromatic carbocycles. The summed E-state index contributed by atoms with van der Waals surface area (Å²) in [6.07, 6.45) is 2.92. The van der Waals surface area contributed by atoms with Crippen molar-refractivity contribution in [2.45, 2.75) is 0 Å². The Morgan fingerprint density at radius 3 is 2.68 bits per heavy atom. The van der Waals surface area contributed by atoms with E-state index in [1.165, 1.54) is 18.2 Å². The van der Waals surface area contributed by atoms with Gasteiger partial charge in [0.05, 0.1) is 17.3 Å². The van der Waals surface area contributed by atoms with Crippen LogP contribution in [0.25, 0.3) is 6.08 Å². The number of ether oxygens (including phenoxy) is 1. The fourth-order valence-electron chi connectivity index (χ4n) is 1.82. The number of carbonyl (C=O) groups excluding carboxylic acids is 1. The molecule has 0 aliphatic heterocycles. The molecule has 0 radical (unpaired) electrons. The fourth-order valence-corrected chi connectivity index (χ4v) is 3.24. The molecule has 0 aromatic heterocycles. The predicted molar refractivity (Wildman–Crippen MR) is 92.5 cm³/mol. The third-order valence-corrected chi connectivity index (χ3v) is 3.83. The Morgan fingerprint density at radius 1 is 1.27 bits per heavy atom. The number of hydrogen-bond acceptors (Lipinski definition) is 2. The standard InChI is InChI=1S/C16H12Br2FNO2/c1-22-16-10(8-11(17)9-12(16)18)6-7-15(21)20-14-5-3-2-4-13(14)19/h2-9H,1H3,(H,20,21)/b7-6+. The summed E-state index contributed by atoms with van der Waals surface area (Å²) in [4.78, 5) is 11.9. The molecule has 1 N–H and O–H groups in total. The van der Waals surface area contributed by atoms with E-state index in [1.807, 2.05) is 12.1 Å². The minimum Gasteiger partial charge on any atom is -0.495 e. The zero-order chi connectivity index (χ0) is 16.1. The highest BCUT2D eigenvalue weighted by molar-refractivity contribution is 9.11. The van der Waals surface area contributed by atoms with Crippen molar-refractivity contribution in [3.8, 4) is 5.75 Å². The number of para-hydroxylation sites is 1. The van der Waals surface area contributed by atoms with Gasteiger partial charge in [-0.15, -0.1) is 0 Å². The summed E-state index contributed by atoms with van der Waals surface area (Å²) in [5.41, 5.74) is 0.854. The van der Waals surface area contributed by atoms with Gasteiger partial charge in [-0.3, -0.25) is 4.79 Å². The Balaban J connectivity index is 2.18. The number of carbonyl (C=O) groups is 1. The number of amides is 1. The Morgan fingerprint density at radius 2 is 2.00 bits per heavy atom. The average molecular weight is 429 g/mol. The molecule has 6 heteroatoms. The van der Waals surface area contributed by atoms with Crippen LogP contribution in [-0.2, 0) is 4.79 Å². The summed E-state index contributed by atoms with van der Waals surface area (Å²) >= 11 is 6.77. The molecule has 0 unspecified atom stereocenters. The maximum absolute atomic E-state index is 13.5. The molecule has 0 spiro atoms. The van der Waals surface area contributed by atoms with Gasteiger partial charge in [0, 0.05) is 16.1 Å². The van der Waals surface area contributed by atoms with Crippen LogP contribution in [0.2, 0.25) is 0 Å². The molecule has 0 fully saturated rings. The minimum absolute atomic E-state index is 0.138. The highest BCUT2D eigenvalue weighted by Gasteiger charge is 2.08. The number of hydrogen-bond donors (Lipinski definition) is 1. The third kappa shape index (κ3) is 4.18. The van der Waals surface area contributed by atoms with Crippen LogP contribution in [0.5, 0.6) is 5.75 Å². The van der Waals surface area contributed by atoms with Gasteiger partial charge in [-0.2, -0.15) is 0 Å². The number of nitrogens with one attached hydrogen (secondary N) is 1. The summed E-state index contributed by atoms with van der Waals surface area (Å²) in [6.45, 7) is 0. The number of methoxy groups -OCH3 is 1. The van der Waals surface area contributed by atoms with Crippen molar-refractivity contribution in [1.82, 2.24) is 0 Å². The number of rotatable bonds is 4. The zero-order valence-electron chi connectivity index (χ0n) is 11.6. The van der Waals surface area contributed by atoms with Crippen LogP contribution in [0.3, 0.4) is 0 Å². The quantitative estimate of drug-likeness (QED) is 0.695. The van der Waals surface area contributed by atoms with Crippen LogP contribution < -0.4 is 10.1 Å². The summed E-state index contributed by atoms with van der Waals surface area (Å²) in [7, 11) is 1.55. The van der Waals surface area contributed by atoms with Crippen molar-refractivity contribution in [1.29, 1.82) is 0 Å².